The number of aromatic nitrogens is 2. The minimum absolute atomic E-state index is 0.00375. The Balaban J connectivity index is 1.48. The number of hydrogen-bond acceptors (Lipinski definition) is 7. The van der Waals surface area contributed by atoms with E-state index in [9.17, 15) is 34.8 Å². The van der Waals surface area contributed by atoms with Crippen molar-refractivity contribution in [1.29, 1.82) is 0 Å². The van der Waals surface area contributed by atoms with Crippen LogP contribution in [0, 0.1) is 0 Å². The zero-order valence-electron chi connectivity index (χ0n) is 20.3. The van der Waals surface area contributed by atoms with E-state index in [1.165, 1.54) is 24.3 Å². The first kappa shape index (κ1) is 27.6. The number of nitrogens with zero attached hydrogens (tertiary/aromatic N) is 1. The van der Waals surface area contributed by atoms with Crippen LogP contribution < -0.4 is 14.2 Å². The summed E-state index contributed by atoms with van der Waals surface area (Å²) in [7, 11) is -8.42. The molecule has 2 heterocycles. The van der Waals surface area contributed by atoms with Gasteiger partial charge < -0.3 is 9.72 Å². The highest BCUT2D eigenvalue weighted by atomic mass is 32.2. The number of carbonyl (C=O) groups is 1. The fourth-order valence-electron chi connectivity index (χ4n) is 4.41. The van der Waals surface area contributed by atoms with Crippen molar-refractivity contribution in [3.63, 3.8) is 0 Å². The van der Waals surface area contributed by atoms with E-state index in [0.717, 1.165) is 12.1 Å². The molecule has 2 atom stereocenters. The average Bonchev–Trinajstić information content (AvgIpc) is 3.42. The van der Waals surface area contributed by atoms with Crippen LogP contribution in [-0.4, -0.2) is 39.1 Å². The van der Waals surface area contributed by atoms with Gasteiger partial charge in [0.15, 0.2) is 0 Å². The maximum atomic E-state index is 13.4. The van der Waals surface area contributed by atoms with Crippen molar-refractivity contribution in [3.8, 4) is 5.75 Å². The van der Waals surface area contributed by atoms with Crippen LogP contribution in [0.15, 0.2) is 77.7 Å². The van der Waals surface area contributed by atoms with Crippen LogP contribution in [0.25, 0.3) is 11.0 Å². The summed E-state index contributed by atoms with van der Waals surface area (Å²) >= 11 is 0. The van der Waals surface area contributed by atoms with Crippen LogP contribution in [0.5, 0.6) is 5.75 Å². The second kappa shape index (κ2) is 10.2. The smallest absolute Gasteiger partial charge is 0.404 e. The van der Waals surface area contributed by atoms with E-state index < -0.39 is 54.3 Å². The maximum absolute atomic E-state index is 13.4. The third kappa shape index (κ3) is 5.95. The first-order chi connectivity index (χ1) is 18.8. The zero-order chi connectivity index (χ0) is 28.7. The highest BCUT2D eigenvalue weighted by molar-refractivity contribution is 7.90. The molecule has 15 heteroatoms. The number of fused-ring (bicyclic) bond motifs is 1. The Morgan fingerprint density at radius 3 is 2.35 bits per heavy atom. The minimum atomic E-state index is -5.11. The Morgan fingerprint density at radius 1 is 1.02 bits per heavy atom. The second-order valence-corrected chi connectivity index (χ2v) is 12.6. The monoisotopic (exact) mass is 594 g/mol. The largest absolute Gasteiger partial charge is 0.573 e. The van der Waals surface area contributed by atoms with Crippen molar-refractivity contribution in [2.75, 3.05) is 0 Å². The van der Waals surface area contributed by atoms with Crippen molar-refractivity contribution >= 4 is 37.0 Å². The van der Waals surface area contributed by atoms with E-state index in [-0.39, 0.29) is 18.7 Å². The minimum Gasteiger partial charge on any atom is -0.404 e. The quantitative estimate of drug-likeness (QED) is 0.282. The van der Waals surface area contributed by atoms with Gasteiger partial charge in [-0.3, -0.25) is 9.52 Å². The van der Waals surface area contributed by atoms with Gasteiger partial charge in [0.2, 0.25) is 26.0 Å². The van der Waals surface area contributed by atoms with Crippen LogP contribution in [0.2, 0.25) is 0 Å². The number of nitrogens with one attached hydrogen (secondary N) is 3. The van der Waals surface area contributed by atoms with E-state index in [1.807, 2.05) is 4.72 Å². The number of H-pyrrole nitrogens is 1. The van der Waals surface area contributed by atoms with Gasteiger partial charge in [-0.05, 0) is 41.8 Å². The van der Waals surface area contributed by atoms with Gasteiger partial charge in [0.1, 0.15) is 21.7 Å². The van der Waals surface area contributed by atoms with Crippen LogP contribution in [-0.2, 0) is 31.3 Å². The molecule has 0 saturated carbocycles. The summed E-state index contributed by atoms with van der Waals surface area (Å²) in [4.78, 5) is 18.4. The molecule has 0 aliphatic carbocycles. The molecule has 1 amide bonds. The number of aromatic amines is 1. The number of rotatable bonds is 8. The summed E-state index contributed by atoms with van der Waals surface area (Å²) in [6.07, 6.45) is -5.34. The predicted molar refractivity (Wildman–Crippen MR) is 137 cm³/mol. The Bertz CT molecular complexity index is 1760. The lowest BCUT2D eigenvalue weighted by Gasteiger charge is -2.19. The number of ether oxygens (including phenoxy) is 1. The third-order valence-corrected chi connectivity index (χ3v) is 9.40. The summed E-state index contributed by atoms with van der Waals surface area (Å²) in [6.45, 7) is 0. The standard InChI is InChI=1S/C25H21F3N4O6S2/c26-25(27,28)38-20-7-3-4-8-21(20)39(34,35)31-19(24-29-17-5-1-2-6-18(17)30-24)13-15-9-11-16(12-10-15)22-14-23(33)32-40(22,36)37/h1-12,19,22,31H,13-14H2,(H,29,30)(H,32,33)/t19-,22?/m0/s1. The Hall–Kier alpha value is -3.95. The highest BCUT2D eigenvalue weighted by Gasteiger charge is 2.38. The lowest BCUT2D eigenvalue weighted by molar-refractivity contribution is -0.275. The van der Waals surface area contributed by atoms with Crippen molar-refractivity contribution in [3.05, 3.63) is 89.7 Å². The van der Waals surface area contributed by atoms with E-state index in [0.29, 0.717) is 22.2 Å². The number of sulfonamides is 2. The van der Waals surface area contributed by atoms with Crippen molar-refractivity contribution in [1.82, 2.24) is 19.4 Å². The molecule has 5 rings (SSSR count). The highest BCUT2D eigenvalue weighted by Crippen LogP contribution is 2.32. The molecule has 1 saturated heterocycles. The molecule has 1 aliphatic heterocycles. The second-order valence-electron chi connectivity index (χ2n) is 9.02. The van der Waals surface area contributed by atoms with Gasteiger partial charge in [0.25, 0.3) is 0 Å². The summed E-state index contributed by atoms with van der Waals surface area (Å²) in [5, 5.41) is -1.05. The summed E-state index contributed by atoms with van der Waals surface area (Å²) < 4.78 is 98.3. The molecule has 0 bridgehead atoms. The van der Waals surface area contributed by atoms with Crippen LogP contribution in [0.1, 0.15) is 34.7 Å². The van der Waals surface area contributed by atoms with Crippen molar-refractivity contribution in [2.45, 2.75) is 35.4 Å². The number of carbonyl (C=O) groups excluding carboxylic acids is 1. The zero-order valence-corrected chi connectivity index (χ0v) is 22.0. The van der Waals surface area contributed by atoms with Gasteiger partial charge >= 0.3 is 6.36 Å². The van der Waals surface area contributed by atoms with Gasteiger partial charge in [-0.2, -0.15) is 0 Å². The fourth-order valence-corrected chi connectivity index (χ4v) is 7.17. The van der Waals surface area contributed by atoms with Gasteiger partial charge in [-0.1, -0.05) is 48.5 Å². The Morgan fingerprint density at radius 2 is 1.70 bits per heavy atom. The molecular formula is C25H21F3N4O6S2. The molecule has 10 nitrogen and oxygen atoms in total. The molecule has 3 N–H and O–H groups in total. The first-order valence-corrected chi connectivity index (χ1v) is 14.8. The molecule has 210 valence electrons. The molecular weight excluding hydrogens is 573 g/mol. The molecule has 1 fully saturated rings. The lowest BCUT2D eigenvalue weighted by atomic mass is 10.0. The molecule has 3 aromatic carbocycles. The summed E-state index contributed by atoms with van der Waals surface area (Å²) in [5.74, 6) is -1.30. The van der Waals surface area contributed by atoms with Gasteiger partial charge in [0, 0.05) is 0 Å². The molecule has 40 heavy (non-hydrogen) atoms. The first-order valence-electron chi connectivity index (χ1n) is 11.8. The van der Waals surface area contributed by atoms with Gasteiger partial charge in [0.05, 0.1) is 23.5 Å². The third-order valence-electron chi connectivity index (χ3n) is 6.19. The number of halogens is 3. The van der Waals surface area contributed by atoms with Crippen molar-refractivity contribution in [2.24, 2.45) is 0 Å². The molecule has 1 aromatic heterocycles. The van der Waals surface area contributed by atoms with Crippen LogP contribution in [0.4, 0.5) is 13.2 Å². The Kier molecular flexibility index (Phi) is 7.06. The van der Waals surface area contributed by atoms with Gasteiger partial charge in [-0.25, -0.2) is 26.5 Å². The predicted octanol–water partition coefficient (Wildman–Crippen LogP) is 3.61. The lowest BCUT2D eigenvalue weighted by Crippen LogP contribution is -2.31. The van der Waals surface area contributed by atoms with E-state index >= 15 is 0 Å². The van der Waals surface area contributed by atoms with Gasteiger partial charge in [-0.15, -0.1) is 13.2 Å². The van der Waals surface area contributed by atoms with Crippen molar-refractivity contribution < 1.29 is 39.5 Å². The SMILES string of the molecule is O=C1CC(c2ccc(C[C@H](NS(=O)(=O)c3ccccc3OC(F)(F)F)c3nc4ccccc4[nH]3)cc2)S(=O)(=O)N1. The number of imidazole rings is 1. The molecule has 1 aliphatic rings. The fraction of sp³-hybridized carbons (Fsp3) is 0.200. The molecule has 1 unspecified atom stereocenters. The van der Waals surface area contributed by atoms with Crippen LogP contribution >= 0.6 is 0 Å². The number of hydrogen-bond donors (Lipinski definition) is 3. The van der Waals surface area contributed by atoms with E-state index in [1.54, 1.807) is 36.4 Å². The number of amides is 1. The molecule has 0 spiro atoms. The topological polar surface area (TPSA) is 147 Å². The average molecular weight is 595 g/mol. The number of alkyl halides is 3. The maximum Gasteiger partial charge on any atom is 0.573 e. The van der Waals surface area contributed by atoms with E-state index in [2.05, 4.69) is 19.4 Å². The normalized spacial score (nSPS) is 18.0. The molecule has 0 radical (unpaired) electrons. The number of benzene rings is 3. The summed E-state index contributed by atoms with van der Waals surface area (Å²) in [5.41, 5.74) is 2.09. The molecule has 4 aromatic rings. The van der Waals surface area contributed by atoms with E-state index in [4.69, 9.17) is 0 Å². The Labute approximate surface area is 226 Å². The summed E-state index contributed by atoms with van der Waals surface area (Å²) in [6, 6.07) is 16.4. The number of para-hydroxylation sites is 3. The van der Waals surface area contributed by atoms with Crippen LogP contribution in [0.3, 0.4) is 0 Å².